The number of ether oxygens (including phenoxy) is 2. The van der Waals surface area contributed by atoms with Gasteiger partial charge in [-0.25, -0.2) is 0 Å². The van der Waals surface area contributed by atoms with Crippen LogP contribution in [-0.2, 0) is 11.3 Å². The second-order valence-corrected chi connectivity index (χ2v) is 8.43. The first-order chi connectivity index (χ1) is 13.7. The molecule has 1 aromatic carbocycles. The van der Waals surface area contributed by atoms with E-state index in [1.54, 1.807) is 14.2 Å². The van der Waals surface area contributed by atoms with Crippen molar-refractivity contribution in [2.45, 2.75) is 50.7 Å². The van der Waals surface area contributed by atoms with E-state index < -0.39 is 0 Å². The first kappa shape index (κ1) is 19.5. The van der Waals surface area contributed by atoms with E-state index in [2.05, 4.69) is 27.2 Å². The minimum absolute atomic E-state index is 0.0438. The lowest BCUT2D eigenvalue weighted by molar-refractivity contribution is -0.135. The topological polar surface area (TPSA) is 54.0 Å². The standard InChI is InChI=1S/C22H33N3O3/c1-27-18-11-16(12-19(14-18)28-2)15-24-7-9-25(10-8-24)22(26)21-13-17-5-3-4-6-20(17)23-21/h11-12,14,17,20-21,23H,3-10,13,15H2,1-2H3. The summed E-state index contributed by atoms with van der Waals surface area (Å²) in [6.07, 6.45) is 6.21. The molecule has 3 aliphatic rings. The molecular formula is C22H33N3O3. The van der Waals surface area contributed by atoms with Crippen molar-refractivity contribution in [3.05, 3.63) is 23.8 Å². The number of carbonyl (C=O) groups excluding carboxylic acids is 1. The number of methoxy groups -OCH3 is 2. The average Bonchev–Trinajstić information content (AvgIpc) is 3.17. The normalized spacial score (nSPS) is 28.1. The van der Waals surface area contributed by atoms with Crippen molar-refractivity contribution in [2.24, 2.45) is 5.92 Å². The molecule has 6 heteroatoms. The van der Waals surface area contributed by atoms with E-state index in [9.17, 15) is 4.79 Å². The summed E-state index contributed by atoms with van der Waals surface area (Å²) in [7, 11) is 3.35. The van der Waals surface area contributed by atoms with Crippen LogP contribution in [0.3, 0.4) is 0 Å². The van der Waals surface area contributed by atoms with E-state index in [0.29, 0.717) is 17.9 Å². The van der Waals surface area contributed by atoms with Gasteiger partial charge in [-0.3, -0.25) is 9.69 Å². The van der Waals surface area contributed by atoms with Gasteiger partial charge >= 0.3 is 0 Å². The molecule has 2 heterocycles. The molecular weight excluding hydrogens is 354 g/mol. The highest BCUT2D eigenvalue weighted by molar-refractivity contribution is 5.82. The van der Waals surface area contributed by atoms with Gasteiger partial charge in [0, 0.05) is 44.8 Å². The number of hydrogen-bond donors (Lipinski definition) is 1. The van der Waals surface area contributed by atoms with Crippen LogP contribution in [0.4, 0.5) is 0 Å². The first-order valence-electron chi connectivity index (χ1n) is 10.7. The van der Waals surface area contributed by atoms with Gasteiger partial charge in [-0.15, -0.1) is 0 Å². The minimum atomic E-state index is 0.0438. The number of fused-ring (bicyclic) bond motifs is 1. The summed E-state index contributed by atoms with van der Waals surface area (Å²) >= 11 is 0. The Morgan fingerprint density at radius 3 is 2.36 bits per heavy atom. The first-order valence-corrected chi connectivity index (χ1v) is 10.7. The number of amides is 1. The molecule has 1 aromatic rings. The third-order valence-electron chi connectivity index (χ3n) is 6.66. The highest BCUT2D eigenvalue weighted by atomic mass is 16.5. The Morgan fingerprint density at radius 2 is 1.71 bits per heavy atom. The molecule has 0 bridgehead atoms. The maximum atomic E-state index is 13.0. The van der Waals surface area contributed by atoms with E-state index in [0.717, 1.165) is 50.6 Å². The van der Waals surface area contributed by atoms with Crippen molar-refractivity contribution in [3.8, 4) is 11.5 Å². The zero-order valence-corrected chi connectivity index (χ0v) is 17.2. The Kier molecular flexibility index (Phi) is 6.07. The van der Waals surface area contributed by atoms with Crippen molar-refractivity contribution in [1.29, 1.82) is 0 Å². The number of nitrogens with zero attached hydrogens (tertiary/aromatic N) is 2. The summed E-state index contributed by atoms with van der Waals surface area (Å²) in [5.41, 5.74) is 1.18. The van der Waals surface area contributed by atoms with Crippen LogP contribution in [0.25, 0.3) is 0 Å². The summed E-state index contributed by atoms with van der Waals surface area (Å²) in [6.45, 7) is 4.29. The summed E-state index contributed by atoms with van der Waals surface area (Å²) in [4.78, 5) is 17.5. The summed E-state index contributed by atoms with van der Waals surface area (Å²) < 4.78 is 10.7. The Labute approximate surface area is 168 Å². The van der Waals surface area contributed by atoms with Crippen LogP contribution < -0.4 is 14.8 Å². The predicted molar refractivity (Wildman–Crippen MR) is 109 cm³/mol. The molecule has 1 N–H and O–H groups in total. The van der Waals surface area contributed by atoms with E-state index in [1.165, 1.54) is 31.2 Å². The monoisotopic (exact) mass is 387 g/mol. The number of rotatable bonds is 5. The lowest BCUT2D eigenvalue weighted by atomic mass is 9.85. The molecule has 6 nitrogen and oxygen atoms in total. The van der Waals surface area contributed by atoms with Gasteiger partial charge in [0.05, 0.1) is 20.3 Å². The maximum Gasteiger partial charge on any atom is 0.239 e. The average molecular weight is 388 g/mol. The zero-order valence-electron chi connectivity index (χ0n) is 17.2. The van der Waals surface area contributed by atoms with Gasteiger partial charge in [-0.05, 0) is 42.9 Å². The molecule has 1 amide bonds. The van der Waals surface area contributed by atoms with Crippen LogP contribution in [0.2, 0.25) is 0 Å². The van der Waals surface area contributed by atoms with Gasteiger partial charge in [0.15, 0.2) is 0 Å². The molecule has 154 valence electrons. The summed E-state index contributed by atoms with van der Waals surface area (Å²) in [5, 5.41) is 3.63. The third-order valence-corrected chi connectivity index (χ3v) is 6.66. The van der Waals surface area contributed by atoms with Crippen molar-refractivity contribution in [3.63, 3.8) is 0 Å². The molecule has 3 unspecified atom stereocenters. The summed E-state index contributed by atoms with van der Waals surface area (Å²) in [5.74, 6) is 2.66. The molecule has 0 aromatic heterocycles. The lowest BCUT2D eigenvalue weighted by Crippen LogP contribution is -2.53. The zero-order chi connectivity index (χ0) is 19.5. The second-order valence-electron chi connectivity index (χ2n) is 8.43. The smallest absolute Gasteiger partial charge is 0.239 e. The number of benzene rings is 1. The molecule has 3 atom stereocenters. The Bertz CT molecular complexity index is 651. The molecule has 4 rings (SSSR count). The second kappa shape index (κ2) is 8.70. The maximum absolute atomic E-state index is 13.0. The van der Waals surface area contributed by atoms with Gasteiger partial charge < -0.3 is 19.7 Å². The molecule has 28 heavy (non-hydrogen) atoms. The van der Waals surface area contributed by atoms with Crippen molar-refractivity contribution >= 4 is 5.91 Å². The number of hydrogen-bond acceptors (Lipinski definition) is 5. The Morgan fingerprint density at radius 1 is 1.04 bits per heavy atom. The highest BCUT2D eigenvalue weighted by Crippen LogP contribution is 2.33. The van der Waals surface area contributed by atoms with Gasteiger partial charge in [-0.2, -0.15) is 0 Å². The quantitative estimate of drug-likeness (QED) is 0.840. The largest absolute Gasteiger partial charge is 0.497 e. The fourth-order valence-corrected chi connectivity index (χ4v) is 5.07. The fraction of sp³-hybridized carbons (Fsp3) is 0.682. The Balaban J connectivity index is 1.29. The van der Waals surface area contributed by atoms with Crippen molar-refractivity contribution in [1.82, 2.24) is 15.1 Å². The number of carbonyl (C=O) groups is 1. The molecule has 0 spiro atoms. The van der Waals surface area contributed by atoms with E-state index in [-0.39, 0.29) is 6.04 Å². The van der Waals surface area contributed by atoms with Crippen LogP contribution in [0.5, 0.6) is 11.5 Å². The van der Waals surface area contributed by atoms with Gasteiger partial charge in [0.1, 0.15) is 11.5 Å². The number of nitrogens with one attached hydrogen (secondary N) is 1. The van der Waals surface area contributed by atoms with Crippen LogP contribution in [-0.4, -0.2) is 68.2 Å². The fourth-order valence-electron chi connectivity index (χ4n) is 5.07. The minimum Gasteiger partial charge on any atom is -0.497 e. The van der Waals surface area contributed by atoms with Crippen LogP contribution in [0, 0.1) is 5.92 Å². The number of piperazine rings is 1. The molecule has 0 radical (unpaired) electrons. The Hall–Kier alpha value is -1.79. The lowest BCUT2D eigenvalue weighted by Gasteiger charge is -2.36. The molecule has 2 aliphatic heterocycles. The van der Waals surface area contributed by atoms with Crippen LogP contribution >= 0.6 is 0 Å². The van der Waals surface area contributed by atoms with E-state index in [4.69, 9.17) is 9.47 Å². The van der Waals surface area contributed by atoms with Crippen LogP contribution in [0.15, 0.2) is 18.2 Å². The van der Waals surface area contributed by atoms with Gasteiger partial charge in [0.25, 0.3) is 0 Å². The van der Waals surface area contributed by atoms with Gasteiger partial charge in [-0.1, -0.05) is 12.8 Å². The predicted octanol–water partition coefficient (Wildman–Crippen LogP) is 2.27. The van der Waals surface area contributed by atoms with Crippen molar-refractivity contribution < 1.29 is 14.3 Å². The molecule has 2 saturated heterocycles. The molecule has 3 fully saturated rings. The van der Waals surface area contributed by atoms with E-state index >= 15 is 0 Å². The van der Waals surface area contributed by atoms with Gasteiger partial charge in [0.2, 0.25) is 5.91 Å². The highest BCUT2D eigenvalue weighted by Gasteiger charge is 2.40. The SMILES string of the molecule is COc1cc(CN2CCN(C(=O)C3CC4CCCCC4N3)CC2)cc(OC)c1. The van der Waals surface area contributed by atoms with E-state index in [1.807, 2.05) is 6.07 Å². The van der Waals surface area contributed by atoms with Crippen LogP contribution in [0.1, 0.15) is 37.7 Å². The molecule has 1 aliphatic carbocycles. The molecule has 1 saturated carbocycles. The van der Waals surface area contributed by atoms with Crippen molar-refractivity contribution in [2.75, 3.05) is 40.4 Å². The third kappa shape index (κ3) is 4.28. The summed E-state index contributed by atoms with van der Waals surface area (Å²) in [6, 6.07) is 6.63.